The number of ether oxygens (including phenoxy) is 1. The molecule has 0 saturated heterocycles. The Hall–Kier alpha value is -1.13. The summed E-state index contributed by atoms with van der Waals surface area (Å²) in [4.78, 5) is 3.87. The number of H-pyrrole nitrogens is 1. The van der Waals surface area contributed by atoms with Gasteiger partial charge in [-0.15, -0.1) is 5.10 Å². The zero-order chi connectivity index (χ0) is 14.0. The topological polar surface area (TPSA) is 97.0 Å². The van der Waals surface area contributed by atoms with Crippen LogP contribution in [0.3, 0.4) is 0 Å². The minimum absolute atomic E-state index is 0.0216. The van der Waals surface area contributed by atoms with Crippen molar-refractivity contribution in [2.45, 2.75) is 4.90 Å². The van der Waals surface area contributed by atoms with Crippen molar-refractivity contribution < 1.29 is 13.2 Å². The monoisotopic (exact) mass is 410 g/mol. The molecule has 0 saturated carbocycles. The van der Waals surface area contributed by atoms with Crippen molar-refractivity contribution in [3.05, 3.63) is 27.1 Å². The van der Waals surface area contributed by atoms with E-state index in [1.54, 1.807) is 12.1 Å². The van der Waals surface area contributed by atoms with E-state index in [9.17, 15) is 8.42 Å². The van der Waals surface area contributed by atoms with Gasteiger partial charge in [-0.25, -0.2) is 18.2 Å². The van der Waals surface area contributed by atoms with Crippen molar-refractivity contribution in [1.82, 2.24) is 15.2 Å². The summed E-state index contributed by atoms with van der Waals surface area (Å²) in [6.07, 6.45) is 0. The van der Waals surface area contributed by atoms with Gasteiger partial charge in [-0.2, -0.15) is 4.98 Å². The number of aromatic amines is 1. The average Bonchev–Trinajstić information content (AvgIpc) is 2.75. The Kier molecular flexibility index (Phi) is 4.11. The van der Waals surface area contributed by atoms with E-state index in [1.807, 2.05) is 0 Å². The van der Waals surface area contributed by atoms with Gasteiger partial charge < -0.3 is 4.74 Å². The number of aromatic nitrogens is 3. The van der Waals surface area contributed by atoms with E-state index in [0.29, 0.717) is 4.47 Å². The second-order valence-electron chi connectivity index (χ2n) is 3.35. The smallest absolute Gasteiger partial charge is 0.336 e. The predicted molar refractivity (Wildman–Crippen MR) is 75.6 cm³/mol. The molecule has 0 radical (unpaired) electrons. The van der Waals surface area contributed by atoms with Crippen LogP contribution in [0.2, 0.25) is 0 Å². The summed E-state index contributed by atoms with van der Waals surface area (Å²) in [6, 6.07) is 4.77. The van der Waals surface area contributed by atoms with E-state index in [1.165, 1.54) is 13.2 Å². The minimum atomic E-state index is -3.76. The summed E-state index contributed by atoms with van der Waals surface area (Å²) in [5, 5.41) is 6.06. The largest absolute Gasteiger partial charge is 0.466 e. The van der Waals surface area contributed by atoms with Crippen LogP contribution >= 0.6 is 31.9 Å². The van der Waals surface area contributed by atoms with Crippen LogP contribution in [0.5, 0.6) is 6.01 Å². The normalized spacial score (nSPS) is 11.3. The molecule has 0 atom stereocenters. The number of sulfonamides is 1. The second kappa shape index (κ2) is 5.47. The van der Waals surface area contributed by atoms with Gasteiger partial charge in [0, 0.05) is 8.95 Å². The Morgan fingerprint density at radius 2 is 2.11 bits per heavy atom. The summed E-state index contributed by atoms with van der Waals surface area (Å²) >= 11 is 6.45. The zero-order valence-corrected chi connectivity index (χ0v) is 13.5. The number of halogens is 2. The molecule has 0 spiro atoms. The van der Waals surface area contributed by atoms with Gasteiger partial charge >= 0.3 is 6.01 Å². The molecule has 0 aliphatic heterocycles. The van der Waals surface area contributed by atoms with Crippen molar-refractivity contribution >= 4 is 47.8 Å². The van der Waals surface area contributed by atoms with Crippen LogP contribution in [0.4, 0.5) is 5.95 Å². The number of benzene rings is 1. The molecule has 102 valence electrons. The third-order valence-electron chi connectivity index (χ3n) is 2.06. The molecule has 7 nitrogen and oxygen atoms in total. The van der Waals surface area contributed by atoms with Gasteiger partial charge in [-0.1, -0.05) is 15.9 Å². The van der Waals surface area contributed by atoms with E-state index in [4.69, 9.17) is 4.74 Å². The Balaban J connectivity index is 2.32. The molecule has 2 N–H and O–H groups in total. The van der Waals surface area contributed by atoms with Crippen LogP contribution in [0.15, 0.2) is 32.0 Å². The maximum absolute atomic E-state index is 12.1. The SMILES string of the molecule is COc1n[nH]c(NS(=O)(=O)c2ccc(Br)cc2Br)n1. The highest BCUT2D eigenvalue weighted by molar-refractivity contribution is 9.11. The first-order valence-electron chi connectivity index (χ1n) is 4.86. The first kappa shape index (κ1) is 14.3. The van der Waals surface area contributed by atoms with Crippen LogP contribution in [-0.4, -0.2) is 30.7 Å². The summed E-state index contributed by atoms with van der Waals surface area (Å²) in [5.74, 6) is -0.0216. The Morgan fingerprint density at radius 3 is 2.68 bits per heavy atom. The van der Waals surface area contributed by atoms with Crippen LogP contribution in [0.1, 0.15) is 0 Å². The van der Waals surface area contributed by atoms with Gasteiger partial charge in [-0.05, 0) is 34.1 Å². The molecule has 1 heterocycles. The fourth-order valence-electron chi connectivity index (χ4n) is 1.26. The Morgan fingerprint density at radius 1 is 1.37 bits per heavy atom. The molecule has 0 unspecified atom stereocenters. The molecule has 0 fully saturated rings. The summed E-state index contributed by atoms with van der Waals surface area (Å²) in [5.41, 5.74) is 0. The van der Waals surface area contributed by atoms with Gasteiger partial charge in [0.15, 0.2) is 0 Å². The lowest BCUT2D eigenvalue weighted by Gasteiger charge is -2.07. The maximum atomic E-state index is 12.1. The number of methoxy groups -OCH3 is 1. The van der Waals surface area contributed by atoms with E-state index in [0.717, 1.165) is 4.47 Å². The molecule has 2 aromatic rings. The quantitative estimate of drug-likeness (QED) is 0.803. The predicted octanol–water partition coefficient (Wildman–Crippen LogP) is 2.14. The fraction of sp³-hybridized carbons (Fsp3) is 0.111. The van der Waals surface area contributed by atoms with Gasteiger partial charge in [0.2, 0.25) is 5.95 Å². The molecule has 0 aliphatic rings. The summed E-state index contributed by atoms with van der Waals surface area (Å²) in [6.45, 7) is 0. The van der Waals surface area contributed by atoms with Gasteiger partial charge in [0.1, 0.15) is 4.90 Å². The average molecular weight is 412 g/mol. The number of anilines is 1. The molecule has 19 heavy (non-hydrogen) atoms. The molecule has 1 aromatic carbocycles. The minimum Gasteiger partial charge on any atom is -0.466 e. The first-order chi connectivity index (χ1) is 8.92. The molecule has 0 bridgehead atoms. The van der Waals surface area contributed by atoms with Crippen molar-refractivity contribution in [2.75, 3.05) is 11.8 Å². The Bertz CT molecular complexity index is 701. The molecule has 2 rings (SSSR count). The molecule has 0 aliphatic carbocycles. The summed E-state index contributed by atoms with van der Waals surface area (Å²) in [7, 11) is -2.38. The lowest BCUT2D eigenvalue weighted by atomic mass is 10.4. The third kappa shape index (κ3) is 3.25. The van der Waals surface area contributed by atoms with Crippen molar-refractivity contribution in [2.24, 2.45) is 0 Å². The Labute approximate surface area is 126 Å². The van der Waals surface area contributed by atoms with Crippen molar-refractivity contribution in [1.29, 1.82) is 0 Å². The molecular weight excluding hydrogens is 404 g/mol. The first-order valence-corrected chi connectivity index (χ1v) is 7.93. The molecular formula is C9H8Br2N4O3S. The number of hydrogen-bond donors (Lipinski definition) is 2. The van der Waals surface area contributed by atoms with Crippen molar-refractivity contribution in [3.8, 4) is 6.01 Å². The lowest BCUT2D eigenvalue weighted by molar-refractivity contribution is 0.382. The van der Waals surface area contributed by atoms with Crippen LogP contribution in [0.25, 0.3) is 0 Å². The van der Waals surface area contributed by atoms with Crippen LogP contribution in [-0.2, 0) is 10.0 Å². The molecule has 0 amide bonds. The highest BCUT2D eigenvalue weighted by Gasteiger charge is 2.19. The third-order valence-corrected chi connectivity index (χ3v) is 4.87. The number of nitrogens with one attached hydrogen (secondary N) is 2. The van der Waals surface area contributed by atoms with Gasteiger partial charge in [0.25, 0.3) is 10.0 Å². The molecule has 10 heteroatoms. The van der Waals surface area contributed by atoms with E-state index >= 15 is 0 Å². The highest BCUT2D eigenvalue weighted by Crippen LogP contribution is 2.26. The standard InChI is InChI=1S/C9H8Br2N4O3S/c1-18-9-12-8(13-14-9)15-19(16,17)7-3-2-5(10)4-6(7)11/h2-4H,1H3,(H2,12,13,14,15). The van der Waals surface area contributed by atoms with Crippen LogP contribution in [0, 0.1) is 0 Å². The lowest BCUT2D eigenvalue weighted by Crippen LogP contribution is -2.14. The van der Waals surface area contributed by atoms with E-state index < -0.39 is 10.0 Å². The number of hydrogen-bond acceptors (Lipinski definition) is 5. The second-order valence-corrected chi connectivity index (χ2v) is 6.77. The highest BCUT2D eigenvalue weighted by atomic mass is 79.9. The maximum Gasteiger partial charge on any atom is 0.336 e. The van der Waals surface area contributed by atoms with E-state index in [2.05, 4.69) is 51.8 Å². The molecule has 1 aromatic heterocycles. The van der Waals surface area contributed by atoms with Gasteiger partial charge in [-0.3, -0.25) is 0 Å². The zero-order valence-electron chi connectivity index (χ0n) is 9.52. The van der Waals surface area contributed by atoms with Gasteiger partial charge in [0.05, 0.1) is 7.11 Å². The van der Waals surface area contributed by atoms with Crippen LogP contribution < -0.4 is 9.46 Å². The number of rotatable bonds is 4. The van der Waals surface area contributed by atoms with E-state index in [-0.39, 0.29) is 16.9 Å². The number of nitrogens with zero attached hydrogens (tertiary/aromatic N) is 2. The van der Waals surface area contributed by atoms with Crippen molar-refractivity contribution in [3.63, 3.8) is 0 Å². The fourth-order valence-corrected chi connectivity index (χ4v) is 3.96. The summed E-state index contributed by atoms with van der Waals surface area (Å²) < 4.78 is 32.5.